The molecule has 4 fully saturated rings. The van der Waals surface area contributed by atoms with Crippen LogP contribution < -0.4 is 5.32 Å². The number of ether oxygens (including phenoxy) is 5. The molecule has 11 heteroatoms. The normalized spacial score (nSPS) is 43.8. The van der Waals surface area contributed by atoms with Crippen molar-refractivity contribution in [2.45, 2.75) is 109 Å². The van der Waals surface area contributed by atoms with E-state index in [1.807, 2.05) is 6.92 Å². The molecule has 0 aromatic rings. The third-order valence-corrected chi connectivity index (χ3v) is 9.78. The van der Waals surface area contributed by atoms with Gasteiger partial charge in [0.2, 0.25) is 6.41 Å². The number of amides is 1. The van der Waals surface area contributed by atoms with Crippen LogP contribution in [0.15, 0.2) is 12.7 Å². The van der Waals surface area contributed by atoms with E-state index in [1.165, 1.54) is 0 Å². The summed E-state index contributed by atoms with van der Waals surface area (Å²) in [6.45, 7) is 15.3. The van der Waals surface area contributed by atoms with Gasteiger partial charge >= 0.3 is 12.1 Å². The summed E-state index contributed by atoms with van der Waals surface area (Å²) < 4.78 is 30.8. The summed E-state index contributed by atoms with van der Waals surface area (Å²) >= 11 is 0. The second-order valence-electron chi connectivity index (χ2n) is 13.1. The number of alkyl carbamates (subject to hydrolysis) is 1. The summed E-state index contributed by atoms with van der Waals surface area (Å²) in [6.07, 6.45) is -1.70. The van der Waals surface area contributed by atoms with Crippen molar-refractivity contribution in [2.75, 3.05) is 27.2 Å². The highest BCUT2D eigenvalue weighted by atomic mass is 16.7. The summed E-state index contributed by atoms with van der Waals surface area (Å²) in [5.41, 5.74) is -5.83. The van der Waals surface area contributed by atoms with E-state index in [-0.39, 0.29) is 31.8 Å². The van der Waals surface area contributed by atoms with Gasteiger partial charge in [0.1, 0.15) is 17.8 Å². The van der Waals surface area contributed by atoms with Crippen LogP contribution in [0.4, 0.5) is 4.79 Å². The second-order valence-corrected chi connectivity index (χ2v) is 13.1. The fourth-order valence-electron chi connectivity index (χ4n) is 8.09. The first-order valence-electron chi connectivity index (χ1n) is 14.2. The lowest BCUT2D eigenvalue weighted by molar-refractivity contribution is -0.456. The number of esters is 1. The molecule has 4 rings (SSSR count). The molecule has 9 atom stereocenters. The first-order valence-corrected chi connectivity index (χ1v) is 14.2. The van der Waals surface area contributed by atoms with E-state index in [1.54, 1.807) is 45.8 Å². The van der Waals surface area contributed by atoms with Crippen LogP contribution in [0.25, 0.3) is 0 Å². The summed E-state index contributed by atoms with van der Waals surface area (Å²) in [4.78, 5) is 41.1. The molecule has 1 amide bonds. The Bertz CT molecular complexity index is 1050. The molecule has 0 aromatic carbocycles. The van der Waals surface area contributed by atoms with Gasteiger partial charge in [-0.25, -0.2) is 4.79 Å². The number of carbonyl (C=O) groups excluding carboxylic acids is 3. The molecule has 2 aliphatic carbocycles. The molecule has 2 saturated carbocycles. The maximum atomic E-state index is 14.5. The Kier molecular flexibility index (Phi) is 7.99. The van der Waals surface area contributed by atoms with Crippen LogP contribution >= 0.6 is 0 Å². The fourth-order valence-corrected chi connectivity index (χ4v) is 8.09. The highest BCUT2D eigenvalue weighted by Crippen LogP contribution is 2.70. The number of aliphatic hydroxyl groups is 1. The zero-order valence-corrected chi connectivity index (χ0v) is 25.1. The highest BCUT2D eigenvalue weighted by molar-refractivity contribution is 5.93. The Morgan fingerprint density at radius 1 is 1.23 bits per heavy atom. The van der Waals surface area contributed by atoms with E-state index in [9.17, 15) is 19.5 Å². The Labute approximate surface area is 236 Å². The number of ketones is 1. The predicted molar refractivity (Wildman–Crippen MR) is 144 cm³/mol. The lowest BCUT2D eigenvalue weighted by Gasteiger charge is -2.74. The van der Waals surface area contributed by atoms with E-state index in [0.717, 1.165) is 0 Å². The van der Waals surface area contributed by atoms with E-state index in [2.05, 4.69) is 25.7 Å². The van der Waals surface area contributed by atoms with Gasteiger partial charge in [-0.2, -0.15) is 0 Å². The maximum Gasteiger partial charge on any atom is 0.407 e. The van der Waals surface area contributed by atoms with Crippen LogP contribution in [-0.2, 0) is 33.3 Å². The minimum absolute atomic E-state index is 0.00822. The van der Waals surface area contributed by atoms with Crippen molar-refractivity contribution >= 4 is 17.8 Å². The number of hydrogen-bond acceptors (Lipinski definition) is 10. The van der Waals surface area contributed by atoms with Crippen molar-refractivity contribution in [3.05, 3.63) is 12.7 Å². The third-order valence-electron chi connectivity index (χ3n) is 9.78. The Hall–Kier alpha value is -2.05. The van der Waals surface area contributed by atoms with Crippen molar-refractivity contribution in [3.63, 3.8) is 0 Å². The monoisotopic (exact) mass is 566 g/mol. The Morgan fingerprint density at radius 3 is 2.50 bits per heavy atom. The molecule has 2 aliphatic heterocycles. The van der Waals surface area contributed by atoms with Crippen molar-refractivity contribution < 1.29 is 43.2 Å². The van der Waals surface area contributed by atoms with Crippen LogP contribution in [-0.4, -0.2) is 96.6 Å². The van der Waals surface area contributed by atoms with Gasteiger partial charge < -0.3 is 34.1 Å². The van der Waals surface area contributed by atoms with Gasteiger partial charge in [0.05, 0.1) is 24.7 Å². The predicted octanol–water partition coefficient (Wildman–Crippen LogP) is 2.54. The van der Waals surface area contributed by atoms with Crippen LogP contribution in [0.5, 0.6) is 0 Å². The topological polar surface area (TPSA) is 133 Å². The molecule has 40 heavy (non-hydrogen) atoms. The van der Waals surface area contributed by atoms with E-state index in [4.69, 9.17) is 23.7 Å². The number of aliphatic hydroxyl groups excluding tert-OH is 1. The van der Waals surface area contributed by atoms with Crippen LogP contribution in [0.1, 0.15) is 67.2 Å². The number of rotatable bonds is 7. The summed E-state index contributed by atoms with van der Waals surface area (Å²) in [5, 5.41) is 14.8. The molecule has 11 nitrogen and oxygen atoms in total. The van der Waals surface area contributed by atoms with Gasteiger partial charge in [0.15, 0.2) is 11.4 Å². The SMILES string of the molecule is C=C[C@@]1(C)CC(=O)[C@@]23OC(N(C)C)O[C@H]4CCC(C)(C)[C@H]([C@H](OC(=O)NCCC(=O)OCC)[C@H](O)[C@@]2(C)O1)[C@]43C. The molecular formula is C29H46N2O9. The lowest BCUT2D eigenvalue weighted by Crippen LogP contribution is -2.89. The molecule has 0 bridgehead atoms. The zero-order chi connectivity index (χ0) is 29.9. The van der Waals surface area contributed by atoms with Gasteiger partial charge in [0.25, 0.3) is 0 Å². The Balaban J connectivity index is 1.81. The number of nitrogens with zero attached hydrogens (tertiary/aromatic N) is 1. The number of hydrogen-bond donors (Lipinski definition) is 2. The van der Waals surface area contributed by atoms with Crippen LogP contribution in [0, 0.1) is 16.7 Å². The van der Waals surface area contributed by atoms with Gasteiger partial charge in [0, 0.05) is 24.3 Å². The molecule has 2 saturated heterocycles. The largest absolute Gasteiger partial charge is 0.466 e. The van der Waals surface area contributed by atoms with Gasteiger partial charge in [-0.3, -0.25) is 14.5 Å². The summed E-state index contributed by atoms with van der Waals surface area (Å²) in [7, 11) is 3.61. The average molecular weight is 567 g/mol. The molecule has 2 N–H and O–H groups in total. The van der Waals surface area contributed by atoms with E-state index in [0.29, 0.717) is 12.8 Å². The van der Waals surface area contributed by atoms with Crippen LogP contribution in [0.3, 0.4) is 0 Å². The van der Waals surface area contributed by atoms with E-state index < -0.39 is 70.3 Å². The van der Waals surface area contributed by atoms with Gasteiger partial charge in [-0.1, -0.05) is 26.8 Å². The number of nitrogens with one attached hydrogen (secondary N) is 1. The van der Waals surface area contributed by atoms with E-state index >= 15 is 0 Å². The van der Waals surface area contributed by atoms with Crippen LogP contribution in [0.2, 0.25) is 0 Å². The second kappa shape index (κ2) is 10.3. The fraction of sp³-hybridized carbons (Fsp3) is 0.828. The molecule has 1 unspecified atom stereocenters. The summed E-state index contributed by atoms with van der Waals surface area (Å²) in [5.74, 6) is -1.18. The first-order chi connectivity index (χ1) is 18.5. The quantitative estimate of drug-likeness (QED) is 0.350. The van der Waals surface area contributed by atoms with Crippen molar-refractivity contribution in [1.29, 1.82) is 0 Å². The Morgan fingerprint density at radius 2 is 1.90 bits per heavy atom. The standard InChI is InChI=1S/C29H46N2O9/c1-10-26(5)16-17(32)29-27(6)18(37-24(39-29)31(8)9)12-14-25(3,4)21(27)20(22(34)28(29,7)40-26)38-23(35)30-15-13-19(33)36-11-2/h10,18,20-22,24,34H,1,11-16H2,2-9H3,(H,30,35)/t18-,20-,21-,22-,24?,26-,27-,28+,29-/m0/s1. The molecule has 0 radical (unpaired) electrons. The van der Waals surface area contributed by atoms with Crippen molar-refractivity contribution in [3.8, 4) is 0 Å². The third kappa shape index (κ3) is 4.40. The number of carbonyl (C=O) groups is 3. The van der Waals surface area contributed by atoms with Gasteiger partial charge in [-0.15, -0.1) is 6.58 Å². The molecular weight excluding hydrogens is 520 g/mol. The maximum absolute atomic E-state index is 14.5. The molecule has 226 valence electrons. The highest BCUT2D eigenvalue weighted by Gasteiger charge is 2.84. The number of Topliss-reactive ketones (excluding diaryl/α,β-unsaturated/α-hetero) is 1. The average Bonchev–Trinajstić information content (AvgIpc) is 2.85. The van der Waals surface area contributed by atoms with Gasteiger partial charge in [-0.05, 0) is 53.1 Å². The summed E-state index contributed by atoms with van der Waals surface area (Å²) in [6, 6.07) is 0. The molecule has 1 spiro atoms. The first kappa shape index (κ1) is 30.9. The molecule has 0 aromatic heterocycles. The minimum Gasteiger partial charge on any atom is -0.466 e. The van der Waals surface area contributed by atoms with Crippen molar-refractivity contribution in [2.24, 2.45) is 16.7 Å². The lowest BCUT2D eigenvalue weighted by atomic mass is 9.39. The molecule has 2 heterocycles. The molecule has 4 aliphatic rings. The zero-order valence-electron chi connectivity index (χ0n) is 25.1. The van der Waals surface area contributed by atoms with Crippen molar-refractivity contribution in [1.82, 2.24) is 10.2 Å². The smallest absolute Gasteiger partial charge is 0.407 e. The minimum atomic E-state index is -1.63.